The van der Waals surface area contributed by atoms with Crippen LogP contribution in [0.3, 0.4) is 0 Å². The van der Waals surface area contributed by atoms with Crippen molar-refractivity contribution in [2.75, 3.05) is 6.54 Å². The van der Waals surface area contributed by atoms with Crippen LogP contribution in [0.25, 0.3) is 22.3 Å². The molecule has 8 heteroatoms. The molecule has 0 saturated carbocycles. The summed E-state index contributed by atoms with van der Waals surface area (Å²) in [5, 5.41) is 5.34. The molecule has 35 heavy (non-hydrogen) atoms. The lowest BCUT2D eigenvalue weighted by Crippen LogP contribution is -2.37. The molecule has 178 valence electrons. The fourth-order valence-electron chi connectivity index (χ4n) is 4.29. The van der Waals surface area contributed by atoms with Gasteiger partial charge >= 0.3 is 0 Å². The summed E-state index contributed by atoms with van der Waals surface area (Å²) in [6, 6.07) is 13.9. The fourth-order valence-corrected chi connectivity index (χ4v) is 4.29. The fraction of sp³-hybridized carbons (Fsp3) is 0.259. The maximum absolute atomic E-state index is 15.2. The molecule has 1 atom stereocenters. The van der Waals surface area contributed by atoms with Gasteiger partial charge in [-0.3, -0.25) is 4.79 Å². The first kappa shape index (κ1) is 23.9. The lowest BCUT2D eigenvalue weighted by molar-refractivity contribution is -0.126. The van der Waals surface area contributed by atoms with Crippen LogP contribution in [0, 0.1) is 17.7 Å². The molecule has 0 bridgehead atoms. The van der Waals surface area contributed by atoms with Crippen LogP contribution < -0.4 is 4.74 Å². The number of aromatic nitrogens is 4. The summed E-state index contributed by atoms with van der Waals surface area (Å²) in [6.45, 7) is 2.76. The summed E-state index contributed by atoms with van der Waals surface area (Å²) in [5.74, 6) is 5.67. The van der Waals surface area contributed by atoms with E-state index < -0.39 is 5.82 Å². The van der Waals surface area contributed by atoms with E-state index in [1.165, 1.54) is 12.4 Å². The highest BCUT2D eigenvalue weighted by Crippen LogP contribution is 2.32. The van der Waals surface area contributed by atoms with Crippen molar-refractivity contribution in [2.45, 2.75) is 39.8 Å². The van der Waals surface area contributed by atoms with Crippen molar-refractivity contribution >= 4 is 16.9 Å². The molecule has 0 aliphatic carbocycles. The second kappa shape index (κ2) is 10.3. The van der Waals surface area contributed by atoms with E-state index in [4.69, 9.17) is 9.84 Å². The number of rotatable bonds is 5. The summed E-state index contributed by atoms with van der Waals surface area (Å²) < 4.78 is 22.7. The number of amides is 1. The van der Waals surface area contributed by atoms with Crippen molar-refractivity contribution < 1.29 is 13.9 Å². The third-order valence-electron chi connectivity index (χ3n) is 5.84. The highest BCUT2D eigenvalue weighted by molar-refractivity contribution is 5.94. The Bertz CT molecular complexity index is 1410. The molecule has 1 amide bonds. The summed E-state index contributed by atoms with van der Waals surface area (Å²) >= 11 is 0. The van der Waals surface area contributed by atoms with E-state index in [0.29, 0.717) is 46.9 Å². The van der Waals surface area contributed by atoms with Crippen molar-refractivity contribution in [3.05, 3.63) is 66.9 Å². The van der Waals surface area contributed by atoms with Gasteiger partial charge in [-0.05, 0) is 50.0 Å². The molecule has 5 rings (SSSR count). The lowest BCUT2D eigenvalue weighted by Gasteiger charge is -2.22. The Morgan fingerprint density at radius 1 is 1.20 bits per heavy atom. The number of ether oxygens (including phenoxy) is 1. The lowest BCUT2D eigenvalue weighted by atomic mass is 10.1. The summed E-state index contributed by atoms with van der Waals surface area (Å²) in [7, 11) is 0. The number of carbonyl (C=O) groups excluding carboxylic acids is 1. The Morgan fingerprint density at radius 2 is 2.03 bits per heavy atom. The molecule has 0 N–H and O–H groups in total. The Kier molecular flexibility index (Phi) is 7.06. The summed E-state index contributed by atoms with van der Waals surface area (Å²) in [4.78, 5) is 22.7. The van der Waals surface area contributed by atoms with Crippen LogP contribution in [-0.4, -0.2) is 43.1 Å². The zero-order chi connectivity index (χ0) is 23.5. The van der Waals surface area contributed by atoms with Gasteiger partial charge in [0.15, 0.2) is 5.65 Å². The minimum atomic E-state index is -0.459. The summed E-state index contributed by atoms with van der Waals surface area (Å²) in [5.41, 5.74) is 1.37. The highest BCUT2D eigenvalue weighted by Gasteiger charge is 2.29. The highest BCUT2D eigenvalue weighted by atomic mass is 19.1. The van der Waals surface area contributed by atoms with Gasteiger partial charge in [0.25, 0.3) is 5.91 Å². The maximum Gasteiger partial charge on any atom is 0.298 e. The van der Waals surface area contributed by atoms with Crippen LogP contribution in [-0.2, 0) is 11.3 Å². The topological polar surface area (TPSA) is 73.1 Å². The van der Waals surface area contributed by atoms with Gasteiger partial charge < -0.3 is 9.64 Å². The third kappa shape index (κ3) is 4.85. The summed E-state index contributed by atoms with van der Waals surface area (Å²) in [6.07, 6.45) is 4.83. The monoisotopic (exact) mass is 471 g/mol. The van der Waals surface area contributed by atoms with E-state index in [0.717, 1.165) is 12.8 Å². The minimum Gasteiger partial charge on any atom is -0.457 e. The number of para-hydroxylation sites is 1. The van der Waals surface area contributed by atoms with Crippen LogP contribution in [0.15, 0.2) is 61.1 Å². The quantitative estimate of drug-likeness (QED) is 0.380. The molecule has 0 radical (unpaired) electrons. The predicted molar refractivity (Wildman–Crippen MR) is 132 cm³/mol. The first-order valence-electron chi connectivity index (χ1n) is 11.1. The molecule has 1 aliphatic heterocycles. The zero-order valence-electron chi connectivity index (χ0n) is 18.6. The largest absolute Gasteiger partial charge is 0.457 e. The van der Waals surface area contributed by atoms with E-state index in [1.807, 2.05) is 30.3 Å². The molecule has 3 heterocycles. The molecular weight excluding hydrogens is 445 g/mol. The van der Waals surface area contributed by atoms with Crippen molar-refractivity contribution in [3.8, 4) is 34.6 Å². The zero-order valence-corrected chi connectivity index (χ0v) is 18.6. The van der Waals surface area contributed by atoms with E-state index in [1.54, 1.807) is 34.8 Å². The average Bonchev–Trinajstić information content (AvgIpc) is 3.46. The number of hydrogen-bond acceptors (Lipinski definition) is 5. The third-order valence-corrected chi connectivity index (χ3v) is 5.84. The van der Waals surface area contributed by atoms with Crippen LogP contribution in [0.1, 0.15) is 27.2 Å². The van der Waals surface area contributed by atoms with Crippen LogP contribution in [0.2, 0.25) is 0 Å². The van der Waals surface area contributed by atoms with E-state index >= 15 is 4.39 Å². The normalized spacial score (nSPS) is 14.8. The molecule has 1 fully saturated rings. The molecule has 2 aromatic heterocycles. The minimum absolute atomic E-state index is 0. The molecule has 1 saturated heterocycles. The Balaban J connectivity index is 0.00000289. The van der Waals surface area contributed by atoms with Gasteiger partial charge in [0.1, 0.15) is 29.3 Å². The Labute approximate surface area is 203 Å². The first-order chi connectivity index (χ1) is 16.6. The smallest absolute Gasteiger partial charge is 0.298 e. The Morgan fingerprint density at radius 3 is 2.80 bits per heavy atom. The molecule has 7 nitrogen and oxygen atoms in total. The molecule has 1 aliphatic rings. The predicted octanol–water partition coefficient (Wildman–Crippen LogP) is 5.08. The van der Waals surface area contributed by atoms with Crippen molar-refractivity contribution in [1.29, 1.82) is 0 Å². The SMILES string of the molecule is C.CC#CC(=O)N1CCC[C@@H]1Cn1nc(-c2ccc(Oc3ccccc3)cc2F)c2cncnc21. The first-order valence-corrected chi connectivity index (χ1v) is 11.1. The maximum atomic E-state index is 15.2. The van der Waals surface area contributed by atoms with Gasteiger partial charge in [-0.2, -0.15) is 5.10 Å². The van der Waals surface area contributed by atoms with Crippen molar-refractivity contribution in [1.82, 2.24) is 24.6 Å². The van der Waals surface area contributed by atoms with Gasteiger partial charge in [-0.15, -0.1) is 0 Å². The second-order valence-electron chi connectivity index (χ2n) is 8.02. The van der Waals surface area contributed by atoms with Crippen molar-refractivity contribution in [2.24, 2.45) is 0 Å². The van der Waals surface area contributed by atoms with Gasteiger partial charge in [0.2, 0.25) is 0 Å². The van der Waals surface area contributed by atoms with E-state index in [9.17, 15) is 4.79 Å². The number of nitrogens with zero attached hydrogens (tertiary/aromatic N) is 5. The van der Waals surface area contributed by atoms with Gasteiger partial charge in [-0.1, -0.05) is 31.5 Å². The number of benzene rings is 2. The molecule has 2 aromatic carbocycles. The number of halogens is 1. The number of carbonyl (C=O) groups is 1. The van der Waals surface area contributed by atoms with Crippen LogP contribution >= 0.6 is 0 Å². The molecule has 0 unspecified atom stereocenters. The second-order valence-corrected chi connectivity index (χ2v) is 8.02. The van der Waals surface area contributed by atoms with E-state index in [2.05, 4.69) is 21.8 Å². The van der Waals surface area contributed by atoms with Crippen LogP contribution in [0.4, 0.5) is 4.39 Å². The number of likely N-dealkylation sites (tertiary alicyclic amines) is 1. The average molecular weight is 472 g/mol. The van der Waals surface area contributed by atoms with Crippen molar-refractivity contribution in [3.63, 3.8) is 0 Å². The molecule has 0 spiro atoms. The molecule has 4 aromatic rings. The number of fused-ring (bicyclic) bond motifs is 1. The van der Waals surface area contributed by atoms with E-state index in [-0.39, 0.29) is 19.4 Å². The van der Waals surface area contributed by atoms with Gasteiger partial charge in [0, 0.05) is 24.4 Å². The Hall–Kier alpha value is -4.25. The van der Waals surface area contributed by atoms with Gasteiger partial charge in [0.05, 0.1) is 18.0 Å². The molecular formula is C27H26FN5O2. The standard InChI is InChI=1S/C26H22FN5O2.CH4/c1-2-7-24(33)31-13-6-8-18(31)16-32-26-22(15-28-17-29-26)25(30-32)21-12-11-20(14-23(21)27)34-19-9-4-3-5-10-19;/h3-5,9-12,14-15,17-18H,6,8,13,16H2,1H3;1H4/t18-;/m1./s1. The number of hydrogen-bond donors (Lipinski definition) is 0. The van der Waals surface area contributed by atoms with Gasteiger partial charge in [-0.25, -0.2) is 19.0 Å². The van der Waals surface area contributed by atoms with Crippen LogP contribution in [0.5, 0.6) is 11.5 Å².